The fraction of sp³-hybridized carbons (Fsp3) is 0.0417. The second kappa shape index (κ2) is 8.62. The van der Waals surface area contributed by atoms with Crippen LogP contribution in [0.4, 0.5) is 15.9 Å². The van der Waals surface area contributed by atoms with E-state index in [1.165, 1.54) is 18.2 Å². The number of aryl methyl sites for hydroxylation is 1. The van der Waals surface area contributed by atoms with Crippen molar-refractivity contribution >= 4 is 23.3 Å². The molecule has 0 aliphatic heterocycles. The van der Waals surface area contributed by atoms with E-state index < -0.39 is 11.7 Å². The van der Waals surface area contributed by atoms with Gasteiger partial charge in [-0.1, -0.05) is 42.5 Å². The van der Waals surface area contributed by atoms with E-state index in [1.54, 1.807) is 72.4 Å². The lowest BCUT2D eigenvalue weighted by Crippen LogP contribution is -2.14. The summed E-state index contributed by atoms with van der Waals surface area (Å²) in [6, 6.07) is 23.5. The van der Waals surface area contributed by atoms with Crippen LogP contribution in [-0.4, -0.2) is 21.6 Å². The van der Waals surface area contributed by atoms with Gasteiger partial charge in [0.05, 0.1) is 11.3 Å². The summed E-state index contributed by atoms with van der Waals surface area (Å²) in [7, 11) is 1.74. The number of carbonyl (C=O) groups is 2. The molecule has 1 heterocycles. The molecule has 4 rings (SSSR count). The third-order valence-electron chi connectivity index (χ3n) is 4.71. The molecule has 154 valence electrons. The van der Waals surface area contributed by atoms with Crippen LogP contribution in [0.15, 0.2) is 84.9 Å². The molecule has 31 heavy (non-hydrogen) atoms. The zero-order valence-corrected chi connectivity index (χ0v) is 16.7. The van der Waals surface area contributed by atoms with Gasteiger partial charge in [0.1, 0.15) is 11.6 Å². The van der Waals surface area contributed by atoms with Gasteiger partial charge in [0.2, 0.25) is 0 Å². The van der Waals surface area contributed by atoms with Gasteiger partial charge in [0.25, 0.3) is 11.8 Å². The van der Waals surface area contributed by atoms with Crippen LogP contribution in [0.25, 0.3) is 11.3 Å². The Morgan fingerprint density at radius 2 is 1.52 bits per heavy atom. The molecule has 0 atom stereocenters. The summed E-state index contributed by atoms with van der Waals surface area (Å²) in [5, 5.41) is 9.97. The highest BCUT2D eigenvalue weighted by atomic mass is 19.1. The van der Waals surface area contributed by atoms with E-state index in [9.17, 15) is 14.0 Å². The highest BCUT2D eigenvalue weighted by Crippen LogP contribution is 2.24. The Kier molecular flexibility index (Phi) is 5.57. The Balaban J connectivity index is 1.47. The number of halogens is 1. The van der Waals surface area contributed by atoms with Crippen LogP contribution in [0.1, 0.15) is 20.7 Å². The van der Waals surface area contributed by atoms with E-state index in [4.69, 9.17) is 0 Å². The SMILES string of the molecule is Cn1nc(-c2ccc(NC(=O)c3ccccc3F)cc2)cc1NC(=O)c1ccccc1. The summed E-state index contributed by atoms with van der Waals surface area (Å²) < 4.78 is 15.4. The molecule has 2 amide bonds. The second-order valence-corrected chi connectivity index (χ2v) is 6.87. The van der Waals surface area contributed by atoms with E-state index in [1.807, 2.05) is 6.07 Å². The van der Waals surface area contributed by atoms with Gasteiger partial charge in [0, 0.05) is 29.9 Å². The lowest BCUT2D eigenvalue weighted by molar-refractivity contribution is 0.101. The van der Waals surface area contributed by atoms with Crippen molar-refractivity contribution in [3.05, 3.63) is 102 Å². The fourth-order valence-electron chi connectivity index (χ4n) is 3.07. The number of amides is 2. The minimum atomic E-state index is -0.574. The fourth-order valence-corrected chi connectivity index (χ4v) is 3.07. The quantitative estimate of drug-likeness (QED) is 0.496. The molecule has 0 spiro atoms. The van der Waals surface area contributed by atoms with E-state index in [0.717, 1.165) is 5.56 Å². The summed E-state index contributed by atoms with van der Waals surface area (Å²) in [4.78, 5) is 24.6. The van der Waals surface area contributed by atoms with Crippen LogP contribution in [0.2, 0.25) is 0 Å². The topological polar surface area (TPSA) is 76.0 Å². The number of rotatable bonds is 5. The van der Waals surface area contributed by atoms with Crippen LogP contribution in [0.5, 0.6) is 0 Å². The number of hydrogen-bond donors (Lipinski definition) is 2. The molecule has 6 nitrogen and oxygen atoms in total. The summed E-state index contributed by atoms with van der Waals surface area (Å²) >= 11 is 0. The zero-order chi connectivity index (χ0) is 21.8. The predicted molar refractivity (Wildman–Crippen MR) is 117 cm³/mol. The second-order valence-electron chi connectivity index (χ2n) is 6.87. The number of anilines is 2. The first-order chi connectivity index (χ1) is 15.0. The van der Waals surface area contributed by atoms with Crippen molar-refractivity contribution < 1.29 is 14.0 Å². The number of benzene rings is 3. The average molecular weight is 414 g/mol. The smallest absolute Gasteiger partial charge is 0.258 e. The highest BCUT2D eigenvalue weighted by molar-refractivity contribution is 6.05. The van der Waals surface area contributed by atoms with Crippen molar-refractivity contribution in [1.29, 1.82) is 0 Å². The number of aromatic nitrogens is 2. The summed E-state index contributed by atoms with van der Waals surface area (Å²) in [6.07, 6.45) is 0. The minimum absolute atomic E-state index is 0.0184. The molecular weight excluding hydrogens is 395 g/mol. The Bertz CT molecular complexity index is 1230. The molecule has 3 aromatic carbocycles. The van der Waals surface area contributed by atoms with Crippen molar-refractivity contribution in [1.82, 2.24) is 9.78 Å². The van der Waals surface area contributed by atoms with Crippen molar-refractivity contribution in [2.75, 3.05) is 10.6 Å². The number of carbonyl (C=O) groups excluding carboxylic acids is 2. The van der Waals surface area contributed by atoms with Gasteiger partial charge >= 0.3 is 0 Å². The van der Waals surface area contributed by atoms with E-state index in [-0.39, 0.29) is 11.5 Å². The highest BCUT2D eigenvalue weighted by Gasteiger charge is 2.13. The molecule has 0 saturated heterocycles. The molecule has 0 aliphatic rings. The Morgan fingerprint density at radius 1 is 0.839 bits per heavy atom. The minimum Gasteiger partial charge on any atom is -0.322 e. The Morgan fingerprint density at radius 3 is 2.23 bits per heavy atom. The molecule has 2 N–H and O–H groups in total. The van der Waals surface area contributed by atoms with Gasteiger partial charge in [-0.25, -0.2) is 4.39 Å². The maximum absolute atomic E-state index is 13.8. The largest absolute Gasteiger partial charge is 0.322 e. The van der Waals surface area contributed by atoms with Crippen LogP contribution < -0.4 is 10.6 Å². The van der Waals surface area contributed by atoms with Gasteiger partial charge in [-0.3, -0.25) is 14.3 Å². The van der Waals surface area contributed by atoms with Crippen molar-refractivity contribution in [2.24, 2.45) is 7.05 Å². The molecular formula is C24H19FN4O2. The maximum Gasteiger partial charge on any atom is 0.258 e. The normalized spacial score (nSPS) is 10.5. The molecule has 0 unspecified atom stereocenters. The zero-order valence-electron chi connectivity index (χ0n) is 16.7. The standard InChI is InChI=1S/C24H19FN4O2/c1-29-22(27-23(30)17-7-3-2-4-8-17)15-21(28-29)16-11-13-18(14-12-16)26-24(31)19-9-5-6-10-20(19)25/h2-15H,1H3,(H,26,31)(H,27,30). The van der Waals surface area contributed by atoms with Gasteiger partial charge in [-0.15, -0.1) is 0 Å². The van der Waals surface area contributed by atoms with Gasteiger partial charge < -0.3 is 10.6 Å². The Labute approximate surface area is 178 Å². The van der Waals surface area contributed by atoms with E-state index >= 15 is 0 Å². The van der Waals surface area contributed by atoms with E-state index in [2.05, 4.69) is 15.7 Å². The average Bonchev–Trinajstić information content (AvgIpc) is 3.15. The molecule has 1 aromatic heterocycles. The molecule has 4 aromatic rings. The monoisotopic (exact) mass is 414 g/mol. The molecule has 0 radical (unpaired) electrons. The number of nitrogens with zero attached hydrogens (tertiary/aromatic N) is 2. The van der Waals surface area contributed by atoms with Crippen molar-refractivity contribution in [3.8, 4) is 11.3 Å². The molecule has 0 bridgehead atoms. The lowest BCUT2D eigenvalue weighted by atomic mass is 10.1. The Hall–Kier alpha value is -4.26. The van der Waals surface area contributed by atoms with Gasteiger partial charge in [-0.05, 0) is 36.4 Å². The van der Waals surface area contributed by atoms with Gasteiger partial charge in [-0.2, -0.15) is 5.10 Å². The van der Waals surface area contributed by atoms with Gasteiger partial charge in [0.15, 0.2) is 0 Å². The van der Waals surface area contributed by atoms with Crippen LogP contribution >= 0.6 is 0 Å². The lowest BCUT2D eigenvalue weighted by Gasteiger charge is -2.06. The van der Waals surface area contributed by atoms with Crippen LogP contribution in [-0.2, 0) is 7.05 Å². The van der Waals surface area contributed by atoms with E-state index in [0.29, 0.717) is 22.8 Å². The molecule has 7 heteroatoms. The maximum atomic E-state index is 13.8. The first kappa shape index (κ1) is 20.0. The number of hydrogen-bond acceptors (Lipinski definition) is 3. The molecule has 0 fully saturated rings. The van der Waals surface area contributed by atoms with Crippen LogP contribution in [0.3, 0.4) is 0 Å². The molecule has 0 aliphatic carbocycles. The summed E-state index contributed by atoms with van der Waals surface area (Å²) in [5.74, 6) is -0.757. The number of nitrogens with one attached hydrogen (secondary N) is 2. The molecule has 0 saturated carbocycles. The predicted octanol–water partition coefficient (Wildman–Crippen LogP) is 4.73. The first-order valence-corrected chi connectivity index (χ1v) is 9.58. The van der Waals surface area contributed by atoms with Crippen LogP contribution in [0, 0.1) is 5.82 Å². The van der Waals surface area contributed by atoms with Crippen molar-refractivity contribution in [2.45, 2.75) is 0 Å². The van der Waals surface area contributed by atoms with Crippen molar-refractivity contribution in [3.63, 3.8) is 0 Å². The first-order valence-electron chi connectivity index (χ1n) is 9.58. The summed E-state index contributed by atoms with van der Waals surface area (Å²) in [6.45, 7) is 0. The third-order valence-corrected chi connectivity index (χ3v) is 4.71. The third kappa shape index (κ3) is 4.51. The summed E-state index contributed by atoms with van der Waals surface area (Å²) in [5.41, 5.74) is 2.54.